The highest BCUT2D eigenvalue weighted by atomic mass is 79.9. The molecule has 208 valence electrons. The zero-order chi connectivity index (χ0) is 28.4. The monoisotopic (exact) mass is 660 g/mol. The van der Waals surface area contributed by atoms with E-state index in [-0.39, 0.29) is 18.0 Å². The van der Waals surface area contributed by atoms with Gasteiger partial charge in [0, 0.05) is 46.8 Å². The predicted octanol–water partition coefficient (Wildman–Crippen LogP) is 7.40. The number of hydrogen-bond acceptors (Lipinski definition) is 5. The number of amides is 3. The lowest BCUT2D eigenvalue weighted by Crippen LogP contribution is -2.56. The Morgan fingerprint density at radius 3 is 2.60 bits per heavy atom. The SMILES string of the molecule is CCCc1c(C(=O)N2CCN(C(=O)Nc3ccc(Cl)c(Cl)c3)C(C)C2)cnn1-c1nc(-c2ccc(Br)cc2)cs1. The van der Waals surface area contributed by atoms with Crippen molar-refractivity contribution in [1.29, 1.82) is 0 Å². The minimum atomic E-state index is -0.247. The molecule has 2 aromatic carbocycles. The lowest BCUT2D eigenvalue weighted by Gasteiger charge is -2.39. The van der Waals surface area contributed by atoms with Crippen LogP contribution in [0.3, 0.4) is 0 Å². The molecule has 40 heavy (non-hydrogen) atoms. The van der Waals surface area contributed by atoms with E-state index < -0.39 is 0 Å². The number of thiazole rings is 1. The molecule has 1 N–H and O–H groups in total. The van der Waals surface area contributed by atoms with Gasteiger partial charge in [0.25, 0.3) is 5.91 Å². The van der Waals surface area contributed by atoms with Crippen LogP contribution < -0.4 is 5.32 Å². The van der Waals surface area contributed by atoms with Crippen molar-refractivity contribution in [2.75, 3.05) is 25.0 Å². The molecule has 0 spiro atoms. The highest BCUT2D eigenvalue weighted by Gasteiger charge is 2.32. The Hall–Kier alpha value is -2.92. The Balaban J connectivity index is 1.30. The normalized spacial score (nSPS) is 15.4. The smallest absolute Gasteiger partial charge is 0.322 e. The number of rotatable bonds is 6. The number of aromatic nitrogens is 3. The van der Waals surface area contributed by atoms with Gasteiger partial charge >= 0.3 is 6.03 Å². The highest BCUT2D eigenvalue weighted by molar-refractivity contribution is 9.10. The van der Waals surface area contributed by atoms with Crippen LogP contribution in [0.25, 0.3) is 16.4 Å². The summed E-state index contributed by atoms with van der Waals surface area (Å²) in [5, 5.41) is 11.0. The number of hydrogen-bond donors (Lipinski definition) is 1. The number of urea groups is 1. The molecule has 1 fully saturated rings. The number of anilines is 1. The van der Waals surface area contributed by atoms with Crippen molar-refractivity contribution < 1.29 is 9.59 Å². The fourth-order valence-corrected chi connectivity index (χ4v) is 6.07. The first-order valence-electron chi connectivity index (χ1n) is 12.9. The molecule has 4 aromatic rings. The Bertz CT molecular complexity index is 1540. The first kappa shape index (κ1) is 28.6. The number of nitrogens with zero attached hydrogens (tertiary/aromatic N) is 5. The van der Waals surface area contributed by atoms with Gasteiger partial charge < -0.3 is 15.1 Å². The average molecular weight is 662 g/mol. The van der Waals surface area contributed by atoms with Crippen molar-refractivity contribution in [2.45, 2.75) is 32.7 Å². The average Bonchev–Trinajstić information content (AvgIpc) is 3.58. The second-order valence-electron chi connectivity index (χ2n) is 9.54. The minimum Gasteiger partial charge on any atom is -0.335 e. The van der Waals surface area contributed by atoms with E-state index in [0.717, 1.165) is 33.0 Å². The standard InChI is InChI=1S/C28H27BrCl2N6O2S/c1-3-4-25-21(14-32-37(25)28-34-24(16-40-28)18-5-7-19(29)8-6-18)26(38)35-11-12-36(17(2)15-35)27(39)33-20-9-10-22(30)23(31)13-20/h5-10,13-14,16-17H,3-4,11-12,15H2,1-2H3,(H,33,39). The van der Waals surface area contributed by atoms with Crippen LogP contribution in [0, 0.1) is 0 Å². The van der Waals surface area contributed by atoms with Gasteiger partial charge in [0.2, 0.25) is 5.13 Å². The molecule has 1 saturated heterocycles. The molecule has 1 atom stereocenters. The topological polar surface area (TPSA) is 83.4 Å². The van der Waals surface area contributed by atoms with E-state index in [4.69, 9.17) is 28.2 Å². The summed E-state index contributed by atoms with van der Waals surface area (Å²) in [6.07, 6.45) is 3.19. The van der Waals surface area contributed by atoms with E-state index in [9.17, 15) is 9.59 Å². The lowest BCUT2D eigenvalue weighted by molar-refractivity contribution is 0.0591. The molecule has 5 rings (SSSR count). The Morgan fingerprint density at radius 1 is 1.12 bits per heavy atom. The van der Waals surface area contributed by atoms with E-state index in [1.54, 1.807) is 38.9 Å². The molecule has 8 nitrogen and oxygen atoms in total. The van der Waals surface area contributed by atoms with Crippen molar-refractivity contribution >= 4 is 68.1 Å². The summed E-state index contributed by atoms with van der Waals surface area (Å²) in [6.45, 7) is 5.24. The first-order chi connectivity index (χ1) is 19.2. The zero-order valence-corrected chi connectivity index (χ0v) is 25.8. The predicted molar refractivity (Wildman–Crippen MR) is 164 cm³/mol. The quantitative estimate of drug-likeness (QED) is 0.234. The van der Waals surface area contributed by atoms with Gasteiger partial charge in [-0.3, -0.25) is 4.79 Å². The summed E-state index contributed by atoms with van der Waals surface area (Å²) < 4.78 is 2.79. The molecule has 12 heteroatoms. The van der Waals surface area contributed by atoms with Crippen molar-refractivity contribution in [3.05, 3.63) is 79.8 Å². The summed E-state index contributed by atoms with van der Waals surface area (Å²) in [7, 11) is 0. The maximum absolute atomic E-state index is 13.7. The number of carbonyl (C=O) groups excluding carboxylic acids is 2. The maximum Gasteiger partial charge on any atom is 0.322 e. The van der Waals surface area contributed by atoms with E-state index in [1.807, 2.05) is 36.6 Å². The Morgan fingerprint density at radius 2 is 1.90 bits per heavy atom. The second-order valence-corrected chi connectivity index (χ2v) is 12.1. The third-order valence-corrected chi connectivity index (χ3v) is 8.83. The number of piperazine rings is 1. The van der Waals surface area contributed by atoms with Crippen LogP contribution in [0.5, 0.6) is 0 Å². The molecule has 3 amide bonds. The van der Waals surface area contributed by atoms with Crippen LogP contribution in [-0.4, -0.2) is 62.2 Å². The van der Waals surface area contributed by atoms with Gasteiger partial charge in [0.05, 0.1) is 33.2 Å². The fraction of sp³-hybridized carbons (Fsp3) is 0.286. The van der Waals surface area contributed by atoms with Crippen LogP contribution in [0.15, 0.2) is 58.5 Å². The van der Waals surface area contributed by atoms with Crippen LogP contribution >= 0.6 is 50.5 Å². The molecule has 3 heterocycles. The molecule has 0 aliphatic carbocycles. The summed E-state index contributed by atoms with van der Waals surface area (Å²) >= 11 is 17.0. The maximum atomic E-state index is 13.7. The Kier molecular flexibility index (Phi) is 8.80. The summed E-state index contributed by atoms with van der Waals surface area (Å²) in [6, 6.07) is 12.5. The van der Waals surface area contributed by atoms with Crippen LogP contribution in [0.2, 0.25) is 10.0 Å². The van der Waals surface area contributed by atoms with Crippen molar-refractivity contribution in [2.24, 2.45) is 0 Å². The fourth-order valence-electron chi connectivity index (χ4n) is 4.69. The molecule has 0 bridgehead atoms. The molecule has 1 aliphatic heterocycles. The van der Waals surface area contributed by atoms with E-state index >= 15 is 0 Å². The number of halogens is 3. The van der Waals surface area contributed by atoms with Gasteiger partial charge in [-0.2, -0.15) is 5.10 Å². The molecular formula is C28H27BrCl2N6O2S. The summed E-state index contributed by atoms with van der Waals surface area (Å²) in [4.78, 5) is 35.0. The third kappa shape index (κ3) is 6.05. The van der Waals surface area contributed by atoms with Crippen LogP contribution in [0.1, 0.15) is 36.3 Å². The molecular weight excluding hydrogens is 635 g/mol. The van der Waals surface area contributed by atoms with Gasteiger partial charge in [-0.05, 0) is 43.7 Å². The molecule has 2 aromatic heterocycles. The number of carbonyl (C=O) groups is 2. The first-order valence-corrected chi connectivity index (χ1v) is 15.3. The van der Waals surface area contributed by atoms with Crippen LogP contribution in [-0.2, 0) is 6.42 Å². The molecule has 0 saturated carbocycles. The minimum absolute atomic E-state index is 0.0872. The number of nitrogens with one attached hydrogen (secondary N) is 1. The van der Waals surface area contributed by atoms with E-state index in [0.29, 0.717) is 47.4 Å². The van der Waals surface area contributed by atoms with Gasteiger partial charge in [-0.25, -0.2) is 14.5 Å². The van der Waals surface area contributed by atoms with Crippen molar-refractivity contribution in [3.63, 3.8) is 0 Å². The zero-order valence-electron chi connectivity index (χ0n) is 21.9. The van der Waals surface area contributed by atoms with Gasteiger partial charge in [0.15, 0.2) is 0 Å². The van der Waals surface area contributed by atoms with E-state index in [1.165, 1.54) is 11.3 Å². The van der Waals surface area contributed by atoms with E-state index in [2.05, 4.69) is 33.3 Å². The van der Waals surface area contributed by atoms with Crippen molar-refractivity contribution in [3.8, 4) is 16.4 Å². The molecule has 1 aliphatic rings. The van der Waals surface area contributed by atoms with Gasteiger partial charge in [0.1, 0.15) is 0 Å². The highest BCUT2D eigenvalue weighted by Crippen LogP contribution is 2.28. The molecule has 1 unspecified atom stereocenters. The largest absolute Gasteiger partial charge is 0.335 e. The summed E-state index contributed by atoms with van der Waals surface area (Å²) in [5.74, 6) is -0.0872. The van der Waals surface area contributed by atoms with Gasteiger partial charge in [-0.1, -0.05) is 64.6 Å². The van der Waals surface area contributed by atoms with Gasteiger partial charge in [-0.15, -0.1) is 11.3 Å². The lowest BCUT2D eigenvalue weighted by atomic mass is 10.1. The van der Waals surface area contributed by atoms with Crippen LogP contribution in [0.4, 0.5) is 10.5 Å². The Labute approximate surface area is 255 Å². The second kappa shape index (κ2) is 12.3. The summed E-state index contributed by atoms with van der Waals surface area (Å²) in [5.41, 5.74) is 3.86. The molecule has 0 radical (unpaired) electrons. The number of benzene rings is 2. The van der Waals surface area contributed by atoms with Crippen molar-refractivity contribution in [1.82, 2.24) is 24.6 Å². The third-order valence-electron chi connectivity index (χ3n) is 6.75.